The molecule has 0 amide bonds. The van der Waals surface area contributed by atoms with Crippen LogP contribution in [0.15, 0.2) is 23.0 Å². The van der Waals surface area contributed by atoms with E-state index in [4.69, 9.17) is 4.74 Å². The van der Waals surface area contributed by atoms with E-state index in [9.17, 15) is 0 Å². The zero-order valence-corrected chi connectivity index (χ0v) is 10.9. The van der Waals surface area contributed by atoms with Crippen molar-refractivity contribution in [3.63, 3.8) is 0 Å². The molecule has 0 saturated carbocycles. The number of hydrogen-bond donors (Lipinski definition) is 0. The molecule has 0 N–H and O–H groups in total. The molecular formula is C14H24O. The van der Waals surface area contributed by atoms with Crippen LogP contribution >= 0.6 is 0 Å². The third-order valence-corrected chi connectivity index (χ3v) is 2.84. The molecule has 0 aliphatic carbocycles. The molecule has 0 fully saturated rings. The van der Waals surface area contributed by atoms with Gasteiger partial charge in [0, 0.05) is 5.92 Å². The fourth-order valence-electron chi connectivity index (χ4n) is 2.19. The van der Waals surface area contributed by atoms with Crippen molar-refractivity contribution in [2.75, 3.05) is 6.61 Å². The Morgan fingerprint density at radius 1 is 0.933 bits per heavy atom. The van der Waals surface area contributed by atoms with E-state index in [0.29, 0.717) is 17.8 Å². The molecule has 0 radical (unpaired) electrons. The van der Waals surface area contributed by atoms with Crippen LogP contribution in [0, 0.1) is 17.8 Å². The Hall–Kier alpha value is -0.720. The van der Waals surface area contributed by atoms with E-state index in [0.717, 1.165) is 6.61 Å². The Morgan fingerprint density at radius 2 is 1.53 bits per heavy atom. The first-order valence-electron chi connectivity index (χ1n) is 6.02. The zero-order valence-electron chi connectivity index (χ0n) is 10.9. The topological polar surface area (TPSA) is 9.23 Å². The van der Waals surface area contributed by atoms with Gasteiger partial charge < -0.3 is 4.74 Å². The van der Waals surface area contributed by atoms with Crippen molar-refractivity contribution in [1.82, 2.24) is 0 Å². The molecule has 0 unspecified atom stereocenters. The van der Waals surface area contributed by atoms with Crippen molar-refractivity contribution in [1.29, 1.82) is 0 Å². The Morgan fingerprint density at radius 3 is 1.93 bits per heavy atom. The van der Waals surface area contributed by atoms with E-state index in [-0.39, 0.29) is 0 Å². The highest BCUT2D eigenvalue weighted by atomic mass is 16.5. The summed E-state index contributed by atoms with van der Waals surface area (Å²) in [6, 6.07) is 0. The number of hydrogen-bond acceptors (Lipinski definition) is 1. The summed E-state index contributed by atoms with van der Waals surface area (Å²) in [5.74, 6) is 2.84. The fourth-order valence-corrected chi connectivity index (χ4v) is 2.19. The third-order valence-electron chi connectivity index (χ3n) is 2.84. The van der Waals surface area contributed by atoms with Gasteiger partial charge in [-0.25, -0.2) is 0 Å². The first-order chi connectivity index (χ1) is 6.95. The first-order valence-corrected chi connectivity index (χ1v) is 6.02. The van der Waals surface area contributed by atoms with Gasteiger partial charge in [0.15, 0.2) is 0 Å². The Labute approximate surface area is 94.2 Å². The summed E-state index contributed by atoms with van der Waals surface area (Å²) in [5.41, 5.74) is 2.92. The van der Waals surface area contributed by atoms with Crippen LogP contribution in [0.4, 0.5) is 0 Å². The van der Waals surface area contributed by atoms with Gasteiger partial charge in [-0.1, -0.05) is 41.5 Å². The summed E-state index contributed by atoms with van der Waals surface area (Å²) in [6.07, 6.45) is 2.24. The van der Waals surface area contributed by atoms with E-state index in [1.165, 1.54) is 16.9 Å². The lowest BCUT2D eigenvalue weighted by Gasteiger charge is -2.29. The molecule has 0 saturated heterocycles. The van der Waals surface area contributed by atoms with E-state index in [2.05, 4.69) is 47.6 Å². The number of allylic oxidation sites excluding steroid dienone is 3. The molecular weight excluding hydrogens is 184 g/mol. The van der Waals surface area contributed by atoms with Gasteiger partial charge >= 0.3 is 0 Å². The SMILES string of the molecule is CC(C)C1=CCOC(C(C)C)=C1C(C)C. The summed E-state index contributed by atoms with van der Waals surface area (Å²) >= 11 is 0. The van der Waals surface area contributed by atoms with E-state index in [1.807, 2.05) is 0 Å². The second kappa shape index (κ2) is 4.87. The molecule has 86 valence electrons. The molecule has 1 rings (SSSR count). The Balaban J connectivity index is 3.15. The van der Waals surface area contributed by atoms with Crippen molar-refractivity contribution in [2.45, 2.75) is 41.5 Å². The molecule has 0 aromatic heterocycles. The van der Waals surface area contributed by atoms with Gasteiger partial charge in [-0.3, -0.25) is 0 Å². The summed E-state index contributed by atoms with van der Waals surface area (Å²) in [7, 11) is 0. The molecule has 0 bridgehead atoms. The van der Waals surface area contributed by atoms with Crippen molar-refractivity contribution in [3.8, 4) is 0 Å². The molecule has 0 spiro atoms. The second-order valence-corrected chi connectivity index (χ2v) is 5.21. The highest BCUT2D eigenvalue weighted by molar-refractivity contribution is 5.38. The van der Waals surface area contributed by atoms with Crippen LogP contribution in [0.1, 0.15) is 41.5 Å². The average molecular weight is 208 g/mol. The maximum absolute atomic E-state index is 5.80. The molecule has 0 aromatic rings. The molecule has 1 aliphatic rings. The lowest BCUT2D eigenvalue weighted by Crippen LogP contribution is -2.17. The van der Waals surface area contributed by atoms with Crippen LogP contribution in [-0.2, 0) is 4.74 Å². The van der Waals surface area contributed by atoms with E-state index >= 15 is 0 Å². The van der Waals surface area contributed by atoms with Gasteiger partial charge in [-0.05, 0) is 29.1 Å². The molecule has 0 aromatic carbocycles. The zero-order chi connectivity index (χ0) is 11.6. The summed E-state index contributed by atoms with van der Waals surface area (Å²) < 4.78 is 5.80. The van der Waals surface area contributed by atoms with E-state index in [1.54, 1.807) is 0 Å². The molecule has 1 heteroatoms. The van der Waals surface area contributed by atoms with Crippen molar-refractivity contribution < 1.29 is 4.74 Å². The highest BCUT2D eigenvalue weighted by Gasteiger charge is 2.23. The lowest BCUT2D eigenvalue weighted by atomic mass is 9.84. The maximum Gasteiger partial charge on any atom is 0.107 e. The minimum Gasteiger partial charge on any atom is -0.493 e. The average Bonchev–Trinajstić information content (AvgIpc) is 2.16. The summed E-state index contributed by atoms with van der Waals surface area (Å²) in [4.78, 5) is 0. The highest BCUT2D eigenvalue weighted by Crippen LogP contribution is 2.34. The summed E-state index contributed by atoms with van der Waals surface area (Å²) in [5, 5.41) is 0. The van der Waals surface area contributed by atoms with Crippen LogP contribution in [0.5, 0.6) is 0 Å². The van der Waals surface area contributed by atoms with E-state index < -0.39 is 0 Å². The van der Waals surface area contributed by atoms with Gasteiger partial charge in [0.05, 0.1) is 0 Å². The van der Waals surface area contributed by atoms with Crippen molar-refractivity contribution >= 4 is 0 Å². The number of ether oxygens (including phenoxy) is 1. The molecule has 1 nitrogen and oxygen atoms in total. The van der Waals surface area contributed by atoms with Crippen molar-refractivity contribution in [2.24, 2.45) is 17.8 Å². The minimum absolute atomic E-state index is 0.491. The predicted molar refractivity (Wildman–Crippen MR) is 65.6 cm³/mol. The fraction of sp³-hybridized carbons (Fsp3) is 0.714. The molecule has 15 heavy (non-hydrogen) atoms. The molecule has 1 aliphatic heterocycles. The van der Waals surface area contributed by atoms with Gasteiger partial charge in [0.2, 0.25) is 0 Å². The smallest absolute Gasteiger partial charge is 0.107 e. The quantitative estimate of drug-likeness (QED) is 0.676. The van der Waals surface area contributed by atoms with Gasteiger partial charge in [0.1, 0.15) is 12.4 Å². The second-order valence-electron chi connectivity index (χ2n) is 5.21. The molecule has 0 atom stereocenters. The van der Waals surface area contributed by atoms with Gasteiger partial charge in [0.25, 0.3) is 0 Å². The van der Waals surface area contributed by atoms with Crippen LogP contribution in [0.3, 0.4) is 0 Å². The Kier molecular flexibility index (Phi) is 4.01. The van der Waals surface area contributed by atoms with Gasteiger partial charge in [-0.15, -0.1) is 0 Å². The first kappa shape index (κ1) is 12.4. The standard InChI is InChI=1S/C14H24O/c1-9(2)12-7-8-15-14(11(5)6)13(12)10(3)4/h7,9-11H,8H2,1-6H3. The number of rotatable bonds is 3. The van der Waals surface area contributed by atoms with Crippen LogP contribution in [0.25, 0.3) is 0 Å². The van der Waals surface area contributed by atoms with Crippen LogP contribution in [0.2, 0.25) is 0 Å². The lowest BCUT2D eigenvalue weighted by molar-refractivity contribution is 0.201. The third kappa shape index (κ3) is 2.64. The monoisotopic (exact) mass is 208 g/mol. The van der Waals surface area contributed by atoms with Crippen LogP contribution < -0.4 is 0 Å². The minimum atomic E-state index is 0.491. The summed E-state index contributed by atoms with van der Waals surface area (Å²) in [6.45, 7) is 14.2. The van der Waals surface area contributed by atoms with Crippen LogP contribution in [-0.4, -0.2) is 6.61 Å². The largest absolute Gasteiger partial charge is 0.493 e. The maximum atomic E-state index is 5.80. The normalized spacial score (nSPS) is 17.5. The van der Waals surface area contributed by atoms with Crippen molar-refractivity contribution in [3.05, 3.63) is 23.0 Å². The molecule has 1 heterocycles. The predicted octanol–water partition coefficient (Wildman–Crippen LogP) is 4.17. The van der Waals surface area contributed by atoms with Gasteiger partial charge in [-0.2, -0.15) is 0 Å². The Bertz CT molecular complexity index is 280.